The van der Waals surface area contributed by atoms with Gasteiger partial charge in [-0.2, -0.15) is 0 Å². The van der Waals surface area contributed by atoms with Gasteiger partial charge in [-0.1, -0.05) is 54.4 Å². The minimum Gasteiger partial charge on any atom is -0.370 e. The summed E-state index contributed by atoms with van der Waals surface area (Å²) in [6.45, 7) is 2.79. The van der Waals surface area contributed by atoms with Crippen molar-refractivity contribution >= 4 is 93.0 Å². The molecule has 7 atom stereocenters. The van der Waals surface area contributed by atoms with Crippen LogP contribution in [0.4, 0.5) is 0 Å². The van der Waals surface area contributed by atoms with Crippen LogP contribution in [0.25, 0.3) is 10.9 Å². The Labute approximate surface area is 458 Å². The maximum Gasteiger partial charge on any atom is 0.243 e. The average molecular weight is 1100 g/mol. The Morgan fingerprint density at radius 2 is 1.36 bits per heavy atom. The lowest BCUT2D eigenvalue weighted by Crippen LogP contribution is -2.58. The van der Waals surface area contributed by atoms with E-state index < -0.39 is 95.5 Å². The molecule has 3 aromatic rings. The molecule has 0 radical (unpaired) electrons. The Balaban J connectivity index is 1.81. The summed E-state index contributed by atoms with van der Waals surface area (Å²) in [4.78, 5) is 149. The molecule has 0 saturated carbocycles. The van der Waals surface area contributed by atoms with E-state index in [0.29, 0.717) is 11.1 Å². The van der Waals surface area contributed by atoms with E-state index in [4.69, 9.17) is 40.3 Å². The summed E-state index contributed by atoms with van der Waals surface area (Å²) in [6, 6.07) is 7.42. The Morgan fingerprint density at radius 1 is 0.692 bits per heavy atom. The zero-order valence-corrected chi connectivity index (χ0v) is 45.2. The number of carbonyl (C=O) groups is 10. The number of halogens is 1. The molecular formula is C54H76ClN13O10. The predicted octanol–water partition coefficient (Wildman–Crippen LogP) is 1.48. The van der Waals surface area contributed by atoms with Crippen molar-refractivity contribution in [2.24, 2.45) is 50.5 Å². The zero-order valence-electron chi connectivity index (χ0n) is 44.4. The topological polar surface area (TPSA) is 401 Å². The van der Waals surface area contributed by atoms with Gasteiger partial charge in [0.15, 0.2) is 17.7 Å². The number of ketones is 4. The molecule has 1 aliphatic heterocycles. The molecule has 1 aromatic heterocycles. The van der Waals surface area contributed by atoms with Crippen LogP contribution in [0.5, 0.6) is 0 Å². The summed E-state index contributed by atoms with van der Waals surface area (Å²) in [5, 5.41) is 14.5. The van der Waals surface area contributed by atoms with Crippen molar-refractivity contribution in [3.63, 3.8) is 0 Å². The minimum absolute atomic E-state index is 0.0255. The van der Waals surface area contributed by atoms with Crippen molar-refractivity contribution in [2.45, 2.75) is 153 Å². The van der Waals surface area contributed by atoms with Crippen LogP contribution >= 0.6 is 11.6 Å². The number of aromatic nitrogens is 1. The molecular weight excluding hydrogens is 1030 g/mol. The van der Waals surface area contributed by atoms with Crippen LogP contribution in [0.15, 0.2) is 64.7 Å². The SMILES string of the molecule is CC(=O)CCC[C@@H]1NC(=O)[C@@H](NC(=O)[C@H](CCCN=C(N)N)NC(C)=O)CCC(=O)CCCC[C@@H](C(N)=O)NC(=O)[C@H](Cc2c[nH]c3ccccc23)CC(=O)[C@H](CCCN=C(N)N)CC(=O)[C@@H](Cc2ccccc2Cl)NC1=O. The van der Waals surface area contributed by atoms with Gasteiger partial charge in [0.2, 0.25) is 35.4 Å². The van der Waals surface area contributed by atoms with Gasteiger partial charge in [0.05, 0.1) is 6.04 Å². The predicted molar refractivity (Wildman–Crippen MR) is 295 cm³/mol. The zero-order chi connectivity index (χ0) is 57.3. The van der Waals surface area contributed by atoms with Crippen molar-refractivity contribution in [3.8, 4) is 0 Å². The highest BCUT2D eigenvalue weighted by atomic mass is 35.5. The van der Waals surface area contributed by atoms with E-state index in [9.17, 15) is 47.9 Å². The fourth-order valence-electron chi connectivity index (χ4n) is 9.27. The van der Waals surface area contributed by atoms with E-state index in [1.54, 1.807) is 30.5 Å². The number of guanidine groups is 2. The number of nitrogens with zero attached hydrogens (tertiary/aromatic N) is 2. The molecule has 78 heavy (non-hydrogen) atoms. The number of carbonyl (C=O) groups excluding carboxylic acids is 10. The largest absolute Gasteiger partial charge is 0.370 e. The Bertz CT molecular complexity index is 2670. The first kappa shape index (κ1) is 62.8. The summed E-state index contributed by atoms with van der Waals surface area (Å²) in [7, 11) is 0. The summed E-state index contributed by atoms with van der Waals surface area (Å²) in [5.41, 5.74) is 29.9. The normalized spacial score (nSPS) is 21.0. The van der Waals surface area contributed by atoms with Crippen molar-refractivity contribution in [1.82, 2.24) is 31.6 Å². The first-order valence-corrected chi connectivity index (χ1v) is 26.7. The number of aliphatic imine (C=N–C) groups is 2. The monoisotopic (exact) mass is 1100 g/mol. The van der Waals surface area contributed by atoms with Crippen LogP contribution in [0.2, 0.25) is 5.02 Å². The number of para-hydroxylation sites is 1. The first-order valence-electron chi connectivity index (χ1n) is 26.3. The highest BCUT2D eigenvalue weighted by Crippen LogP contribution is 2.27. The highest BCUT2D eigenvalue weighted by molar-refractivity contribution is 6.31. The van der Waals surface area contributed by atoms with Crippen molar-refractivity contribution in [3.05, 3.63) is 70.9 Å². The third-order valence-electron chi connectivity index (χ3n) is 13.5. The Hall–Kier alpha value is -7.69. The number of hydrogen-bond donors (Lipinski definition) is 11. The van der Waals surface area contributed by atoms with Crippen LogP contribution in [0.3, 0.4) is 0 Å². The highest BCUT2D eigenvalue weighted by Gasteiger charge is 2.35. The Morgan fingerprint density at radius 3 is 2.04 bits per heavy atom. The van der Waals surface area contributed by atoms with Gasteiger partial charge in [-0.05, 0) is 94.4 Å². The fourth-order valence-corrected chi connectivity index (χ4v) is 9.49. The van der Waals surface area contributed by atoms with Crippen molar-refractivity contribution in [2.75, 3.05) is 13.1 Å². The molecule has 0 aliphatic carbocycles. The quantitative estimate of drug-likeness (QED) is 0.0434. The number of fused-ring (bicyclic) bond motifs is 1. The molecule has 0 spiro atoms. The summed E-state index contributed by atoms with van der Waals surface area (Å²) < 4.78 is 0. The molecule has 6 amide bonds. The summed E-state index contributed by atoms with van der Waals surface area (Å²) in [5.74, 6) is -8.63. The smallest absolute Gasteiger partial charge is 0.243 e. The molecule has 1 fully saturated rings. The molecule has 2 heterocycles. The average Bonchev–Trinajstić information content (AvgIpc) is 3.79. The van der Waals surface area contributed by atoms with Crippen molar-refractivity contribution in [1.29, 1.82) is 0 Å². The van der Waals surface area contributed by atoms with E-state index in [-0.39, 0.29) is 144 Å². The summed E-state index contributed by atoms with van der Waals surface area (Å²) >= 11 is 6.63. The van der Waals surface area contributed by atoms with E-state index in [2.05, 4.69) is 41.6 Å². The second kappa shape index (κ2) is 32.1. The van der Waals surface area contributed by atoms with Crippen LogP contribution < -0.4 is 55.3 Å². The first-order chi connectivity index (χ1) is 37.1. The molecule has 24 heteroatoms. The van der Waals surface area contributed by atoms with Gasteiger partial charge < -0.3 is 65.0 Å². The molecule has 1 aliphatic rings. The lowest BCUT2D eigenvalue weighted by Gasteiger charge is -2.27. The molecule has 2 aromatic carbocycles. The number of nitrogens with one attached hydrogen (secondary N) is 6. The van der Waals surface area contributed by atoms with E-state index in [1.807, 2.05) is 24.3 Å². The van der Waals surface area contributed by atoms with Crippen LogP contribution in [-0.4, -0.2) is 119 Å². The van der Waals surface area contributed by atoms with Crippen molar-refractivity contribution < 1.29 is 47.9 Å². The molecule has 16 N–H and O–H groups in total. The van der Waals surface area contributed by atoms with Gasteiger partial charge in [-0.3, -0.25) is 53.1 Å². The number of primary amides is 1. The van der Waals surface area contributed by atoms with Crippen LogP contribution in [0, 0.1) is 11.8 Å². The maximum absolute atomic E-state index is 14.9. The summed E-state index contributed by atoms with van der Waals surface area (Å²) in [6.07, 6.45) is 1.44. The number of amides is 6. The molecule has 23 nitrogen and oxygen atoms in total. The molecule has 424 valence electrons. The lowest BCUT2D eigenvalue weighted by atomic mass is 9.83. The standard InChI is InChI=1S/C54H76ClN13O10/c1-31(69)12-9-20-43-51(77)68-45(27-33-13-3-6-17-39(33)55)47(73)28-34(14-10-24-61-53(57)58)46(72)29-35(26-36-30-63-40-18-8-5-16-38(36)40)49(75)65-41(48(56)74)19-7-4-15-37(71)22-23-44(52(78)66-43)67-50(76)42(64-32(2)70)21-11-25-62-54(59)60/h3,5-6,8,13,16-18,30,34-35,41-45,63H,4,7,9-12,14-15,19-29H2,1-2H3,(H2,56,74)(H,64,70)(H,65,75)(H,66,78)(H,67,76)(H,68,77)(H4,57,58,61)(H4,59,60,62)/t34-,35-,41+,42+,43+,44+,45-/m1/s1. The van der Waals surface area contributed by atoms with Gasteiger partial charge >= 0.3 is 0 Å². The second-order valence-corrected chi connectivity index (χ2v) is 20.2. The fraction of sp³-hybridized carbons (Fsp3) is 0.519. The van der Waals surface area contributed by atoms with Gasteiger partial charge in [0.25, 0.3) is 0 Å². The van der Waals surface area contributed by atoms with E-state index in [0.717, 1.165) is 10.9 Å². The number of nitrogens with two attached hydrogens (primary N) is 5. The lowest BCUT2D eigenvalue weighted by molar-refractivity contribution is -0.135. The number of hydrogen-bond acceptors (Lipinski definition) is 12. The number of rotatable bonds is 20. The van der Waals surface area contributed by atoms with Gasteiger partial charge in [0.1, 0.15) is 41.5 Å². The Kier molecular flexibility index (Phi) is 25.9. The molecule has 4 rings (SSSR count). The minimum atomic E-state index is -1.46. The van der Waals surface area contributed by atoms with Gasteiger partial charge in [-0.15, -0.1) is 0 Å². The van der Waals surface area contributed by atoms with Crippen LogP contribution in [0.1, 0.15) is 121 Å². The second-order valence-electron chi connectivity index (χ2n) is 19.8. The number of H-pyrrole nitrogens is 1. The molecule has 0 unspecified atom stereocenters. The maximum atomic E-state index is 14.9. The number of aromatic amines is 1. The molecule has 0 bridgehead atoms. The van der Waals surface area contributed by atoms with Gasteiger partial charge in [-0.25, -0.2) is 0 Å². The third kappa shape index (κ3) is 21.7. The van der Waals surface area contributed by atoms with E-state index in [1.165, 1.54) is 13.8 Å². The van der Waals surface area contributed by atoms with Gasteiger partial charge in [0, 0.05) is 92.5 Å². The van der Waals surface area contributed by atoms with Crippen LogP contribution in [-0.2, 0) is 60.8 Å². The molecule has 1 saturated heterocycles. The number of benzene rings is 2. The van der Waals surface area contributed by atoms with E-state index >= 15 is 0 Å². The number of Topliss-reactive ketones (excluding diaryl/α,β-unsaturated/α-hetero) is 4. The third-order valence-corrected chi connectivity index (χ3v) is 13.8.